The Kier molecular flexibility index (Phi) is 4.32. The van der Waals surface area contributed by atoms with Gasteiger partial charge in [0.1, 0.15) is 0 Å². The van der Waals surface area contributed by atoms with Crippen LogP contribution in [0.2, 0.25) is 0 Å². The number of aromatic carboxylic acids is 1. The monoisotopic (exact) mass is 345 g/mol. The van der Waals surface area contributed by atoms with Gasteiger partial charge in [-0.15, -0.1) is 0 Å². The number of aryl methyl sites for hydroxylation is 2. The van der Waals surface area contributed by atoms with Crippen molar-refractivity contribution < 1.29 is 18.3 Å². The van der Waals surface area contributed by atoms with Crippen LogP contribution < -0.4 is 4.72 Å². The first-order valence-electron chi connectivity index (χ1n) is 7.92. The number of hydrogen-bond acceptors (Lipinski definition) is 3. The van der Waals surface area contributed by atoms with Crippen LogP contribution in [0, 0.1) is 0 Å². The zero-order chi connectivity index (χ0) is 17.3. The summed E-state index contributed by atoms with van der Waals surface area (Å²) in [7, 11) is -3.84. The number of para-hydroxylation sites is 1. The van der Waals surface area contributed by atoms with Crippen molar-refractivity contribution in [2.75, 3.05) is 4.72 Å². The summed E-state index contributed by atoms with van der Waals surface area (Å²) >= 11 is 0. The molecule has 0 bridgehead atoms. The van der Waals surface area contributed by atoms with Crippen LogP contribution in [0.1, 0.15) is 40.4 Å². The van der Waals surface area contributed by atoms with E-state index in [0.29, 0.717) is 24.9 Å². The second kappa shape index (κ2) is 6.28. The Labute approximate surface area is 141 Å². The van der Waals surface area contributed by atoms with E-state index in [1.807, 2.05) is 19.1 Å². The average Bonchev–Trinajstić information content (AvgIpc) is 3.02. The molecule has 0 aromatic heterocycles. The van der Waals surface area contributed by atoms with Crippen LogP contribution in [-0.2, 0) is 29.3 Å². The summed E-state index contributed by atoms with van der Waals surface area (Å²) in [5.74, 6) is -1.12. The summed E-state index contributed by atoms with van der Waals surface area (Å²) < 4.78 is 28.4. The Morgan fingerprint density at radius 3 is 2.67 bits per heavy atom. The molecule has 0 heterocycles. The van der Waals surface area contributed by atoms with E-state index in [4.69, 9.17) is 0 Å². The molecule has 2 aromatic carbocycles. The van der Waals surface area contributed by atoms with E-state index in [-0.39, 0.29) is 10.5 Å². The van der Waals surface area contributed by atoms with Gasteiger partial charge in [0, 0.05) is 0 Å². The normalized spacial score (nSPS) is 13.5. The highest BCUT2D eigenvalue weighted by Gasteiger charge is 2.26. The molecule has 2 N–H and O–H groups in total. The van der Waals surface area contributed by atoms with Crippen LogP contribution in [-0.4, -0.2) is 19.5 Å². The van der Waals surface area contributed by atoms with Gasteiger partial charge >= 0.3 is 5.97 Å². The Morgan fingerprint density at radius 2 is 1.96 bits per heavy atom. The number of carboxylic acids is 1. The summed E-state index contributed by atoms with van der Waals surface area (Å²) in [4.78, 5) is 11.4. The second-order valence-electron chi connectivity index (χ2n) is 5.89. The van der Waals surface area contributed by atoms with E-state index in [1.165, 1.54) is 6.07 Å². The van der Waals surface area contributed by atoms with Gasteiger partial charge in [0.2, 0.25) is 0 Å². The molecule has 0 aliphatic heterocycles. The molecule has 0 unspecified atom stereocenters. The number of hydrogen-bond donors (Lipinski definition) is 2. The molecule has 0 spiro atoms. The number of nitrogens with one attached hydrogen (secondary N) is 1. The van der Waals surface area contributed by atoms with Gasteiger partial charge in [0.25, 0.3) is 10.0 Å². The average molecular weight is 345 g/mol. The highest BCUT2D eigenvalue weighted by molar-refractivity contribution is 7.92. The van der Waals surface area contributed by atoms with Gasteiger partial charge in [-0.25, -0.2) is 13.2 Å². The van der Waals surface area contributed by atoms with E-state index in [2.05, 4.69) is 4.72 Å². The largest absolute Gasteiger partial charge is 0.478 e. The number of carbonyl (C=O) groups is 1. The molecule has 0 amide bonds. The third-order valence-corrected chi connectivity index (χ3v) is 5.79. The molecule has 5 nitrogen and oxygen atoms in total. The van der Waals surface area contributed by atoms with Gasteiger partial charge in [-0.05, 0) is 60.6 Å². The zero-order valence-electron chi connectivity index (χ0n) is 13.4. The SMILES string of the molecule is CCc1ccccc1NS(=O)(=O)c1cc(C(=O)O)cc2c1CCC2. The van der Waals surface area contributed by atoms with Gasteiger partial charge in [0.15, 0.2) is 0 Å². The third-order valence-electron chi connectivity index (χ3n) is 4.35. The molecule has 1 aliphatic carbocycles. The molecule has 0 fully saturated rings. The molecule has 0 radical (unpaired) electrons. The van der Waals surface area contributed by atoms with Crippen LogP contribution in [0.25, 0.3) is 0 Å². The summed E-state index contributed by atoms with van der Waals surface area (Å²) in [5, 5.41) is 9.26. The Balaban J connectivity index is 2.09. The number of anilines is 1. The first kappa shape index (κ1) is 16.5. The maximum Gasteiger partial charge on any atom is 0.335 e. The lowest BCUT2D eigenvalue weighted by Gasteiger charge is -2.15. The van der Waals surface area contributed by atoms with Gasteiger partial charge in [0.05, 0.1) is 16.1 Å². The van der Waals surface area contributed by atoms with Gasteiger partial charge < -0.3 is 5.11 Å². The highest BCUT2D eigenvalue weighted by atomic mass is 32.2. The lowest BCUT2D eigenvalue weighted by molar-refractivity contribution is 0.0696. The molecule has 0 saturated heterocycles. The van der Waals surface area contributed by atoms with E-state index in [1.54, 1.807) is 18.2 Å². The summed E-state index contributed by atoms with van der Waals surface area (Å²) in [6.45, 7) is 1.95. The fourth-order valence-corrected chi connectivity index (χ4v) is 4.59. The predicted octanol–water partition coefficient (Wildman–Crippen LogP) is 3.24. The van der Waals surface area contributed by atoms with Crippen LogP contribution in [0.3, 0.4) is 0 Å². The van der Waals surface area contributed by atoms with Crippen molar-refractivity contribution in [3.05, 3.63) is 58.7 Å². The van der Waals surface area contributed by atoms with Gasteiger partial charge in [-0.3, -0.25) is 4.72 Å². The standard InChI is InChI=1S/C18H19NO4S/c1-2-12-6-3-4-9-16(12)19-24(22,23)17-11-14(18(20)21)10-13-7-5-8-15(13)17/h3-4,6,9-11,19H,2,5,7-8H2,1H3,(H,20,21). The van der Waals surface area contributed by atoms with Crippen LogP contribution in [0.15, 0.2) is 41.3 Å². The van der Waals surface area contributed by atoms with Crippen LogP contribution >= 0.6 is 0 Å². The maximum absolute atomic E-state index is 12.9. The van der Waals surface area contributed by atoms with Crippen LogP contribution in [0.4, 0.5) is 5.69 Å². The van der Waals surface area contributed by atoms with E-state index < -0.39 is 16.0 Å². The lowest BCUT2D eigenvalue weighted by Crippen LogP contribution is -2.17. The van der Waals surface area contributed by atoms with Crippen molar-refractivity contribution in [2.45, 2.75) is 37.5 Å². The van der Waals surface area contributed by atoms with Crippen molar-refractivity contribution in [2.24, 2.45) is 0 Å². The summed E-state index contributed by atoms with van der Waals surface area (Å²) in [6.07, 6.45) is 2.91. The Hall–Kier alpha value is -2.34. The quantitative estimate of drug-likeness (QED) is 0.871. The van der Waals surface area contributed by atoms with Crippen molar-refractivity contribution >= 4 is 21.7 Å². The van der Waals surface area contributed by atoms with E-state index >= 15 is 0 Å². The van der Waals surface area contributed by atoms with E-state index in [9.17, 15) is 18.3 Å². The topological polar surface area (TPSA) is 83.5 Å². The first-order valence-corrected chi connectivity index (χ1v) is 9.40. The van der Waals surface area contributed by atoms with E-state index in [0.717, 1.165) is 23.1 Å². The molecule has 6 heteroatoms. The highest BCUT2D eigenvalue weighted by Crippen LogP contribution is 2.31. The minimum Gasteiger partial charge on any atom is -0.478 e. The second-order valence-corrected chi connectivity index (χ2v) is 7.54. The molecule has 3 rings (SSSR count). The number of sulfonamides is 1. The minimum atomic E-state index is -3.84. The minimum absolute atomic E-state index is 0.0137. The number of benzene rings is 2. The number of rotatable bonds is 5. The maximum atomic E-state index is 12.9. The number of fused-ring (bicyclic) bond motifs is 1. The summed E-state index contributed by atoms with van der Waals surface area (Å²) in [5.41, 5.74) is 3.00. The Morgan fingerprint density at radius 1 is 1.21 bits per heavy atom. The van der Waals surface area contributed by atoms with Gasteiger partial charge in [-0.1, -0.05) is 25.1 Å². The fourth-order valence-electron chi connectivity index (χ4n) is 3.16. The molecule has 0 saturated carbocycles. The fraction of sp³-hybridized carbons (Fsp3) is 0.278. The van der Waals surface area contributed by atoms with Crippen LogP contribution in [0.5, 0.6) is 0 Å². The molecule has 2 aromatic rings. The first-order chi connectivity index (χ1) is 11.4. The summed E-state index contributed by atoms with van der Waals surface area (Å²) in [6, 6.07) is 10.1. The molecule has 126 valence electrons. The van der Waals surface area contributed by atoms with Crippen molar-refractivity contribution in [3.63, 3.8) is 0 Å². The molecular formula is C18H19NO4S. The molecule has 0 atom stereocenters. The lowest BCUT2D eigenvalue weighted by atomic mass is 10.1. The Bertz CT molecular complexity index is 903. The molecular weight excluding hydrogens is 326 g/mol. The molecule has 24 heavy (non-hydrogen) atoms. The number of carboxylic acid groups (broad SMARTS) is 1. The van der Waals surface area contributed by atoms with Gasteiger partial charge in [-0.2, -0.15) is 0 Å². The van der Waals surface area contributed by atoms with Crippen molar-refractivity contribution in [3.8, 4) is 0 Å². The van der Waals surface area contributed by atoms with Crippen molar-refractivity contribution in [1.29, 1.82) is 0 Å². The smallest absolute Gasteiger partial charge is 0.335 e. The third kappa shape index (κ3) is 3.01. The molecule has 1 aliphatic rings. The predicted molar refractivity (Wildman–Crippen MR) is 92.1 cm³/mol. The van der Waals surface area contributed by atoms with Crippen molar-refractivity contribution in [1.82, 2.24) is 0 Å². The zero-order valence-corrected chi connectivity index (χ0v) is 14.2.